The zero-order chi connectivity index (χ0) is 17.0. The van der Waals surface area contributed by atoms with Crippen molar-refractivity contribution in [1.82, 2.24) is 10.0 Å². The molecule has 0 aromatic heterocycles. The van der Waals surface area contributed by atoms with E-state index in [9.17, 15) is 8.42 Å². The van der Waals surface area contributed by atoms with Gasteiger partial charge >= 0.3 is 0 Å². The van der Waals surface area contributed by atoms with Gasteiger partial charge in [0, 0.05) is 19.1 Å². The molecule has 1 heterocycles. The average molecular weight is 346 g/mol. The fraction of sp³-hybridized carbons (Fsp3) is 0.333. The molecule has 0 saturated carbocycles. The predicted octanol–water partition coefficient (Wildman–Crippen LogP) is 2.00. The number of fused-ring (bicyclic) bond motifs is 1. The number of ether oxygens (including phenoxy) is 1. The van der Waals surface area contributed by atoms with Crippen molar-refractivity contribution in [3.8, 4) is 5.75 Å². The van der Waals surface area contributed by atoms with Gasteiger partial charge in [0.2, 0.25) is 10.0 Å². The van der Waals surface area contributed by atoms with E-state index < -0.39 is 10.0 Å². The fourth-order valence-corrected chi connectivity index (χ4v) is 4.23. The van der Waals surface area contributed by atoms with Crippen LogP contribution in [-0.4, -0.2) is 27.8 Å². The van der Waals surface area contributed by atoms with Crippen LogP contribution in [0.2, 0.25) is 0 Å². The van der Waals surface area contributed by atoms with Crippen molar-refractivity contribution in [2.75, 3.05) is 19.4 Å². The number of sulfonamides is 1. The maximum atomic E-state index is 12.3. The summed E-state index contributed by atoms with van der Waals surface area (Å²) >= 11 is 0. The average Bonchev–Trinajstić information content (AvgIpc) is 2.97. The van der Waals surface area contributed by atoms with E-state index in [0.29, 0.717) is 19.5 Å². The van der Waals surface area contributed by atoms with Crippen molar-refractivity contribution in [2.45, 2.75) is 19.0 Å². The molecule has 2 aromatic rings. The predicted molar refractivity (Wildman–Crippen MR) is 94.5 cm³/mol. The summed E-state index contributed by atoms with van der Waals surface area (Å²) in [5.74, 6) is 0.834. The highest BCUT2D eigenvalue weighted by Gasteiger charge is 2.27. The highest BCUT2D eigenvalue weighted by atomic mass is 32.2. The molecule has 6 heteroatoms. The first-order valence-corrected chi connectivity index (χ1v) is 9.64. The number of hydrogen-bond acceptors (Lipinski definition) is 4. The van der Waals surface area contributed by atoms with Gasteiger partial charge in [-0.15, -0.1) is 0 Å². The minimum Gasteiger partial charge on any atom is -0.497 e. The number of rotatable bonds is 7. The van der Waals surface area contributed by atoms with Gasteiger partial charge in [0.1, 0.15) is 5.75 Å². The molecular weight excluding hydrogens is 324 g/mol. The molecule has 2 N–H and O–H groups in total. The molecule has 0 fully saturated rings. The minimum atomic E-state index is -3.34. The van der Waals surface area contributed by atoms with Gasteiger partial charge < -0.3 is 10.1 Å². The third kappa shape index (κ3) is 4.14. The van der Waals surface area contributed by atoms with Gasteiger partial charge in [-0.25, -0.2) is 13.1 Å². The Balaban J connectivity index is 1.58. The zero-order valence-corrected chi connectivity index (χ0v) is 14.5. The Kier molecular flexibility index (Phi) is 5.18. The summed E-state index contributed by atoms with van der Waals surface area (Å²) in [7, 11) is -1.71. The molecule has 128 valence electrons. The molecule has 0 aliphatic carbocycles. The largest absolute Gasteiger partial charge is 0.497 e. The smallest absolute Gasteiger partial charge is 0.213 e. The topological polar surface area (TPSA) is 67.4 Å². The van der Waals surface area contributed by atoms with Crippen LogP contribution in [0.5, 0.6) is 5.75 Å². The normalized spacial score (nSPS) is 16.8. The maximum absolute atomic E-state index is 12.3. The Bertz CT molecular complexity index is 791. The second kappa shape index (κ2) is 7.34. The van der Waals surface area contributed by atoms with Crippen LogP contribution in [0, 0.1) is 0 Å². The van der Waals surface area contributed by atoms with E-state index in [-0.39, 0.29) is 11.8 Å². The molecule has 1 unspecified atom stereocenters. The standard InChI is InChI=1S/C18H22N2O3S/c1-23-16-7-8-17-15(11-16)12-19-18(17)13-24(21,22)20-10-9-14-5-3-2-4-6-14/h2-8,11,18-20H,9-10,12-13H2,1H3. The lowest BCUT2D eigenvalue weighted by molar-refractivity contribution is 0.414. The van der Waals surface area contributed by atoms with Crippen LogP contribution in [0.15, 0.2) is 48.5 Å². The Morgan fingerprint density at radius 3 is 2.75 bits per heavy atom. The molecule has 1 aliphatic rings. The summed E-state index contributed by atoms with van der Waals surface area (Å²) in [6.45, 7) is 1.07. The lowest BCUT2D eigenvalue weighted by Gasteiger charge is -2.14. The van der Waals surface area contributed by atoms with Crippen LogP contribution < -0.4 is 14.8 Å². The van der Waals surface area contributed by atoms with E-state index in [1.54, 1.807) is 7.11 Å². The van der Waals surface area contributed by atoms with E-state index in [1.807, 2.05) is 48.5 Å². The Hall–Kier alpha value is -1.89. The van der Waals surface area contributed by atoms with E-state index in [1.165, 1.54) is 0 Å². The third-order valence-electron chi connectivity index (χ3n) is 4.23. The molecule has 0 saturated heterocycles. The third-order valence-corrected chi connectivity index (χ3v) is 5.65. The molecule has 0 radical (unpaired) electrons. The van der Waals surface area contributed by atoms with Gasteiger partial charge in [-0.2, -0.15) is 0 Å². The van der Waals surface area contributed by atoms with Crippen molar-refractivity contribution < 1.29 is 13.2 Å². The van der Waals surface area contributed by atoms with Gasteiger partial charge in [-0.3, -0.25) is 0 Å². The van der Waals surface area contributed by atoms with Crippen molar-refractivity contribution in [1.29, 1.82) is 0 Å². The maximum Gasteiger partial charge on any atom is 0.213 e. The van der Waals surface area contributed by atoms with Crippen LogP contribution in [-0.2, 0) is 23.0 Å². The van der Waals surface area contributed by atoms with Crippen molar-refractivity contribution in [3.63, 3.8) is 0 Å². The molecule has 0 bridgehead atoms. The number of nitrogens with one attached hydrogen (secondary N) is 2. The summed E-state index contributed by atoms with van der Waals surface area (Å²) in [6, 6.07) is 15.4. The Morgan fingerprint density at radius 1 is 1.21 bits per heavy atom. The van der Waals surface area contributed by atoms with Crippen molar-refractivity contribution in [2.24, 2.45) is 0 Å². The monoisotopic (exact) mass is 346 g/mol. The molecular formula is C18H22N2O3S. The number of benzene rings is 2. The van der Waals surface area contributed by atoms with E-state index in [4.69, 9.17) is 4.74 Å². The first-order chi connectivity index (χ1) is 11.6. The summed E-state index contributed by atoms with van der Waals surface area (Å²) in [6.07, 6.45) is 0.686. The van der Waals surface area contributed by atoms with E-state index >= 15 is 0 Å². The van der Waals surface area contributed by atoms with Crippen LogP contribution in [0.1, 0.15) is 22.7 Å². The van der Waals surface area contributed by atoms with Gasteiger partial charge in [0.25, 0.3) is 0 Å². The molecule has 0 amide bonds. The van der Waals surface area contributed by atoms with Crippen LogP contribution in [0.3, 0.4) is 0 Å². The fourth-order valence-electron chi connectivity index (χ4n) is 2.97. The van der Waals surface area contributed by atoms with E-state index in [2.05, 4.69) is 10.0 Å². The van der Waals surface area contributed by atoms with E-state index in [0.717, 1.165) is 22.4 Å². The van der Waals surface area contributed by atoms with Crippen LogP contribution in [0.4, 0.5) is 0 Å². The highest BCUT2D eigenvalue weighted by molar-refractivity contribution is 7.89. The summed E-state index contributed by atoms with van der Waals surface area (Å²) in [5, 5.41) is 3.26. The lowest BCUT2D eigenvalue weighted by atomic mass is 10.1. The number of hydrogen-bond donors (Lipinski definition) is 2. The molecule has 24 heavy (non-hydrogen) atoms. The lowest BCUT2D eigenvalue weighted by Crippen LogP contribution is -2.33. The van der Waals surface area contributed by atoms with Gasteiger partial charge in [-0.05, 0) is 35.2 Å². The molecule has 5 nitrogen and oxygen atoms in total. The highest BCUT2D eigenvalue weighted by Crippen LogP contribution is 2.29. The molecule has 2 aromatic carbocycles. The second-order valence-corrected chi connectivity index (χ2v) is 7.76. The second-order valence-electron chi connectivity index (χ2n) is 5.91. The first kappa shape index (κ1) is 17.0. The van der Waals surface area contributed by atoms with Gasteiger partial charge in [0.05, 0.1) is 12.9 Å². The Morgan fingerprint density at radius 2 is 2.00 bits per heavy atom. The number of methoxy groups -OCH3 is 1. The first-order valence-electron chi connectivity index (χ1n) is 7.99. The summed E-state index contributed by atoms with van der Waals surface area (Å²) < 4.78 is 32.6. The van der Waals surface area contributed by atoms with Crippen LogP contribution >= 0.6 is 0 Å². The zero-order valence-electron chi connectivity index (χ0n) is 13.7. The van der Waals surface area contributed by atoms with Crippen molar-refractivity contribution >= 4 is 10.0 Å². The quantitative estimate of drug-likeness (QED) is 0.805. The molecule has 1 atom stereocenters. The SMILES string of the molecule is COc1ccc2c(c1)CNC2CS(=O)(=O)NCCc1ccccc1. The molecule has 0 spiro atoms. The van der Waals surface area contributed by atoms with Gasteiger partial charge in [0.15, 0.2) is 0 Å². The molecule has 1 aliphatic heterocycles. The molecule has 3 rings (SSSR count). The van der Waals surface area contributed by atoms with Gasteiger partial charge in [-0.1, -0.05) is 36.4 Å². The van der Waals surface area contributed by atoms with Crippen LogP contribution in [0.25, 0.3) is 0 Å². The minimum absolute atomic E-state index is 0.0428. The Labute approximate surface area is 143 Å². The summed E-state index contributed by atoms with van der Waals surface area (Å²) in [5.41, 5.74) is 3.25. The summed E-state index contributed by atoms with van der Waals surface area (Å²) in [4.78, 5) is 0. The van der Waals surface area contributed by atoms with Crippen molar-refractivity contribution in [3.05, 3.63) is 65.2 Å².